The number of rotatable bonds is 5. The summed E-state index contributed by atoms with van der Waals surface area (Å²) in [5, 5.41) is 9.26. The van der Waals surface area contributed by atoms with Gasteiger partial charge in [-0.25, -0.2) is 0 Å². The third kappa shape index (κ3) is 2.83. The molecule has 0 amide bonds. The molecule has 3 rings (SSSR count). The molecule has 0 aromatic carbocycles. The molecule has 98 valence electrons. The van der Waals surface area contributed by atoms with Gasteiger partial charge in [-0.1, -0.05) is 25.7 Å². The maximum absolute atomic E-state index is 9.26. The first-order chi connectivity index (χ1) is 8.13. The van der Waals surface area contributed by atoms with E-state index in [1.54, 1.807) is 0 Å². The minimum absolute atomic E-state index is 0.136. The van der Waals surface area contributed by atoms with Gasteiger partial charge in [-0.3, -0.25) is 0 Å². The van der Waals surface area contributed by atoms with E-state index < -0.39 is 0 Å². The van der Waals surface area contributed by atoms with E-state index in [1.165, 1.54) is 32.1 Å². The number of aliphatic hydroxyl groups excluding tert-OH is 1. The van der Waals surface area contributed by atoms with Crippen molar-refractivity contribution in [3.8, 4) is 0 Å². The van der Waals surface area contributed by atoms with Gasteiger partial charge in [-0.15, -0.1) is 0 Å². The monoisotopic (exact) mass is 240 g/mol. The second-order valence-electron chi connectivity index (χ2n) is 6.66. The van der Waals surface area contributed by atoms with Crippen LogP contribution in [0.1, 0.15) is 45.4 Å². The van der Waals surface area contributed by atoms with Gasteiger partial charge in [0.2, 0.25) is 0 Å². The first-order valence-electron chi connectivity index (χ1n) is 7.02. The number of epoxide rings is 2. The van der Waals surface area contributed by atoms with Crippen molar-refractivity contribution < 1.29 is 14.6 Å². The van der Waals surface area contributed by atoms with Gasteiger partial charge in [0.1, 0.15) is 5.60 Å². The SMILES string of the molecule is CC1(CC2CCC(CC3(CO)CO3)CC2)CO1. The van der Waals surface area contributed by atoms with Crippen LogP contribution in [0.15, 0.2) is 0 Å². The summed E-state index contributed by atoms with van der Waals surface area (Å²) in [7, 11) is 0. The van der Waals surface area contributed by atoms with Gasteiger partial charge in [0.25, 0.3) is 0 Å². The van der Waals surface area contributed by atoms with Crippen LogP contribution in [0.2, 0.25) is 0 Å². The van der Waals surface area contributed by atoms with Crippen LogP contribution in [-0.4, -0.2) is 36.1 Å². The maximum atomic E-state index is 9.26. The molecule has 1 saturated carbocycles. The summed E-state index contributed by atoms with van der Waals surface area (Å²) in [6.45, 7) is 4.18. The smallest absolute Gasteiger partial charge is 0.115 e. The highest BCUT2D eigenvalue weighted by Gasteiger charge is 2.47. The first-order valence-corrected chi connectivity index (χ1v) is 7.02. The summed E-state index contributed by atoms with van der Waals surface area (Å²) in [6, 6.07) is 0. The third-order valence-electron chi connectivity index (χ3n) is 4.83. The zero-order chi connectivity index (χ0) is 11.9. The molecule has 17 heavy (non-hydrogen) atoms. The number of aliphatic hydroxyl groups is 1. The lowest BCUT2D eigenvalue weighted by Crippen LogP contribution is -2.26. The number of hydrogen-bond acceptors (Lipinski definition) is 3. The Bertz CT molecular complexity index is 273. The van der Waals surface area contributed by atoms with Gasteiger partial charge in [0.15, 0.2) is 0 Å². The van der Waals surface area contributed by atoms with Crippen molar-refractivity contribution in [2.24, 2.45) is 11.8 Å². The van der Waals surface area contributed by atoms with Crippen molar-refractivity contribution >= 4 is 0 Å². The molecule has 1 aliphatic carbocycles. The van der Waals surface area contributed by atoms with E-state index >= 15 is 0 Å². The molecule has 0 aromatic rings. The largest absolute Gasteiger partial charge is 0.393 e. The van der Waals surface area contributed by atoms with Gasteiger partial charge in [-0.05, 0) is 31.6 Å². The molecule has 2 saturated heterocycles. The lowest BCUT2D eigenvalue weighted by Gasteiger charge is -2.30. The molecule has 2 heterocycles. The lowest BCUT2D eigenvalue weighted by atomic mass is 9.75. The highest BCUT2D eigenvalue weighted by molar-refractivity contribution is 4.95. The van der Waals surface area contributed by atoms with Gasteiger partial charge >= 0.3 is 0 Å². The van der Waals surface area contributed by atoms with Crippen LogP contribution in [0.3, 0.4) is 0 Å². The summed E-state index contributed by atoms with van der Waals surface area (Å²) in [4.78, 5) is 0. The van der Waals surface area contributed by atoms with Gasteiger partial charge in [0, 0.05) is 0 Å². The minimum Gasteiger partial charge on any atom is -0.393 e. The van der Waals surface area contributed by atoms with Crippen molar-refractivity contribution in [3.63, 3.8) is 0 Å². The summed E-state index contributed by atoms with van der Waals surface area (Å²) in [6.07, 6.45) is 7.62. The molecular formula is C14H24O3. The normalized spacial score (nSPS) is 49.1. The van der Waals surface area contributed by atoms with Crippen molar-refractivity contribution in [3.05, 3.63) is 0 Å². The quantitative estimate of drug-likeness (QED) is 0.749. The van der Waals surface area contributed by atoms with E-state index in [1.807, 2.05) is 0 Å². The molecule has 0 aromatic heterocycles. The molecule has 3 heteroatoms. The molecule has 0 bridgehead atoms. The van der Waals surface area contributed by atoms with E-state index in [4.69, 9.17) is 9.47 Å². The highest BCUT2D eigenvalue weighted by Crippen LogP contribution is 2.43. The summed E-state index contributed by atoms with van der Waals surface area (Å²) in [5.74, 6) is 1.64. The fourth-order valence-electron chi connectivity index (χ4n) is 3.39. The van der Waals surface area contributed by atoms with Crippen LogP contribution < -0.4 is 0 Å². The lowest BCUT2D eigenvalue weighted by molar-refractivity contribution is 0.125. The topological polar surface area (TPSA) is 45.3 Å². The Balaban J connectivity index is 1.41. The van der Waals surface area contributed by atoms with E-state index in [0.29, 0.717) is 0 Å². The average molecular weight is 240 g/mol. The Kier molecular flexibility index (Phi) is 2.96. The van der Waals surface area contributed by atoms with E-state index in [2.05, 4.69) is 6.92 Å². The molecule has 3 aliphatic rings. The predicted octanol–water partition coefficient (Wildman–Crippen LogP) is 2.12. The molecule has 1 N–H and O–H groups in total. The molecule has 0 spiro atoms. The third-order valence-corrected chi connectivity index (χ3v) is 4.83. The molecule has 2 aliphatic heterocycles. The predicted molar refractivity (Wildman–Crippen MR) is 64.8 cm³/mol. The Morgan fingerprint density at radius 2 is 1.53 bits per heavy atom. The maximum Gasteiger partial charge on any atom is 0.115 e. The van der Waals surface area contributed by atoms with Crippen LogP contribution in [-0.2, 0) is 9.47 Å². The highest BCUT2D eigenvalue weighted by atomic mass is 16.6. The Hall–Kier alpha value is -0.120. The Morgan fingerprint density at radius 1 is 1.00 bits per heavy atom. The second kappa shape index (κ2) is 4.22. The van der Waals surface area contributed by atoms with Crippen LogP contribution in [0, 0.1) is 11.8 Å². The van der Waals surface area contributed by atoms with Crippen LogP contribution in [0.5, 0.6) is 0 Å². The molecule has 3 fully saturated rings. The van der Waals surface area contributed by atoms with Gasteiger partial charge in [-0.2, -0.15) is 0 Å². The minimum atomic E-state index is -0.136. The van der Waals surface area contributed by atoms with Gasteiger partial charge in [0.05, 0.1) is 25.4 Å². The number of hydrogen-bond donors (Lipinski definition) is 1. The van der Waals surface area contributed by atoms with Crippen LogP contribution in [0.4, 0.5) is 0 Å². The van der Waals surface area contributed by atoms with Crippen LogP contribution >= 0.6 is 0 Å². The van der Waals surface area contributed by atoms with Crippen LogP contribution in [0.25, 0.3) is 0 Å². The zero-order valence-electron chi connectivity index (χ0n) is 10.8. The second-order valence-corrected chi connectivity index (χ2v) is 6.66. The van der Waals surface area contributed by atoms with Crippen molar-refractivity contribution in [2.75, 3.05) is 19.8 Å². The number of ether oxygens (including phenoxy) is 2. The van der Waals surface area contributed by atoms with Crippen molar-refractivity contribution in [1.29, 1.82) is 0 Å². The van der Waals surface area contributed by atoms with E-state index in [-0.39, 0.29) is 17.8 Å². The summed E-state index contributed by atoms with van der Waals surface area (Å²) >= 11 is 0. The Morgan fingerprint density at radius 3 is 1.94 bits per heavy atom. The first kappa shape index (κ1) is 11.9. The fourth-order valence-corrected chi connectivity index (χ4v) is 3.39. The molecular weight excluding hydrogens is 216 g/mol. The zero-order valence-corrected chi connectivity index (χ0v) is 10.8. The summed E-state index contributed by atoms with van der Waals surface area (Å²) < 4.78 is 10.9. The van der Waals surface area contributed by atoms with Crippen molar-refractivity contribution in [1.82, 2.24) is 0 Å². The van der Waals surface area contributed by atoms with E-state index in [9.17, 15) is 5.11 Å². The molecule has 0 radical (unpaired) electrons. The molecule has 3 nitrogen and oxygen atoms in total. The van der Waals surface area contributed by atoms with Gasteiger partial charge < -0.3 is 14.6 Å². The van der Waals surface area contributed by atoms with Crippen molar-refractivity contribution in [2.45, 2.75) is 56.7 Å². The average Bonchev–Trinajstić information content (AvgIpc) is 3.22. The summed E-state index contributed by atoms with van der Waals surface area (Å²) in [5.41, 5.74) is 0.0898. The molecule has 2 unspecified atom stereocenters. The fraction of sp³-hybridized carbons (Fsp3) is 1.00. The standard InChI is InChI=1S/C14H24O3/c1-13(9-16-13)6-11-2-4-12(5-3-11)7-14(8-15)10-17-14/h11-12,15H,2-10H2,1H3. The Labute approximate surface area is 103 Å². The molecule has 2 atom stereocenters. The van der Waals surface area contributed by atoms with E-state index in [0.717, 1.165) is 31.5 Å².